The Kier molecular flexibility index (Phi) is 10.6. The first kappa shape index (κ1) is 36.6. The van der Waals surface area contributed by atoms with Gasteiger partial charge in [-0.15, -0.1) is 0 Å². The topological polar surface area (TPSA) is 53.1 Å². The second-order valence-corrected chi connectivity index (χ2v) is 14.7. The highest BCUT2D eigenvalue weighted by Crippen LogP contribution is 2.41. The van der Waals surface area contributed by atoms with Gasteiger partial charge in [0.1, 0.15) is 5.60 Å². The molecule has 2 amide bonds. The zero-order valence-corrected chi connectivity index (χ0v) is 27.8. The smallest absolute Gasteiger partial charge is 0.416 e. The highest BCUT2D eigenvalue weighted by Gasteiger charge is 2.43. The molecule has 2 aliphatic heterocycles. The van der Waals surface area contributed by atoms with Crippen molar-refractivity contribution in [2.75, 3.05) is 32.7 Å². The number of halogens is 6. The van der Waals surface area contributed by atoms with Gasteiger partial charge < -0.3 is 14.5 Å². The lowest BCUT2D eigenvalue weighted by atomic mass is 9.82. The van der Waals surface area contributed by atoms with Crippen molar-refractivity contribution in [2.24, 2.45) is 11.3 Å². The van der Waals surface area contributed by atoms with E-state index in [2.05, 4.69) is 0 Å². The quantitative estimate of drug-likeness (QED) is 0.300. The average molecular weight is 670 g/mol. The minimum Gasteiger partial charge on any atom is -0.444 e. The third kappa shape index (κ3) is 9.42. The number of likely N-dealkylation sites (tertiary alicyclic amines) is 1. The average Bonchev–Trinajstić information content (AvgIpc) is 2.96. The number of piperidine rings is 1. The molecule has 0 N–H and O–H groups in total. The Bertz CT molecular complexity index is 1360. The van der Waals surface area contributed by atoms with E-state index in [-0.39, 0.29) is 55.2 Å². The molecule has 2 aliphatic rings. The standard InChI is InChI=1S/C35H45F6N3O3/c1-32(2,3)28-22-43(16-17-44(28)29(45)18-23-12-14-42(15-13-23)31(46)47-33(4,5)6)30(24-10-8-7-9-11-24)25-19-26(34(36,37)38)21-27(20-25)35(39,40)41/h7-11,19-21,23,28,30H,12-18,22H2,1-6H3/t28-,30?/m1/s1. The van der Waals surface area contributed by atoms with Crippen LogP contribution in [0.2, 0.25) is 0 Å². The molecule has 2 aromatic rings. The number of hydrogen-bond donors (Lipinski definition) is 0. The van der Waals surface area contributed by atoms with Crippen LogP contribution in [0.5, 0.6) is 0 Å². The third-order valence-corrected chi connectivity index (χ3v) is 8.87. The molecule has 0 bridgehead atoms. The summed E-state index contributed by atoms with van der Waals surface area (Å²) < 4.78 is 88.7. The van der Waals surface area contributed by atoms with E-state index in [9.17, 15) is 35.9 Å². The number of ether oxygens (including phenoxy) is 1. The highest BCUT2D eigenvalue weighted by atomic mass is 19.4. The lowest BCUT2D eigenvalue weighted by Crippen LogP contribution is -2.60. The van der Waals surface area contributed by atoms with Crippen molar-refractivity contribution in [3.63, 3.8) is 0 Å². The lowest BCUT2D eigenvalue weighted by Gasteiger charge is -2.50. The molecule has 47 heavy (non-hydrogen) atoms. The molecule has 0 radical (unpaired) electrons. The molecule has 4 rings (SSSR count). The van der Waals surface area contributed by atoms with Gasteiger partial charge in [0, 0.05) is 45.2 Å². The van der Waals surface area contributed by atoms with E-state index in [1.54, 1.807) is 35.2 Å². The Balaban J connectivity index is 1.58. The molecule has 6 nitrogen and oxygen atoms in total. The minimum atomic E-state index is -4.97. The predicted molar refractivity (Wildman–Crippen MR) is 166 cm³/mol. The second-order valence-electron chi connectivity index (χ2n) is 14.7. The van der Waals surface area contributed by atoms with Gasteiger partial charge in [-0.2, -0.15) is 26.3 Å². The maximum Gasteiger partial charge on any atom is 0.416 e. The van der Waals surface area contributed by atoms with E-state index in [0.717, 1.165) is 12.1 Å². The van der Waals surface area contributed by atoms with E-state index in [1.165, 1.54) is 0 Å². The molecule has 0 saturated carbocycles. The van der Waals surface area contributed by atoms with Gasteiger partial charge in [-0.1, -0.05) is 51.1 Å². The first-order valence-corrected chi connectivity index (χ1v) is 16.0. The Morgan fingerprint density at radius 3 is 1.83 bits per heavy atom. The van der Waals surface area contributed by atoms with Crippen LogP contribution in [0.1, 0.15) is 89.1 Å². The molecule has 2 atom stereocenters. The van der Waals surface area contributed by atoms with E-state index in [4.69, 9.17) is 4.74 Å². The Morgan fingerprint density at radius 2 is 1.34 bits per heavy atom. The molecule has 0 spiro atoms. The molecule has 2 saturated heterocycles. The zero-order valence-electron chi connectivity index (χ0n) is 27.8. The summed E-state index contributed by atoms with van der Waals surface area (Å²) in [5, 5.41) is 0. The number of carbonyl (C=O) groups is 2. The summed E-state index contributed by atoms with van der Waals surface area (Å²) >= 11 is 0. The second kappa shape index (κ2) is 13.7. The van der Waals surface area contributed by atoms with Gasteiger partial charge in [-0.05, 0) is 74.3 Å². The number of hydrogen-bond acceptors (Lipinski definition) is 4. The maximum absolute atomic E-state index is 13.9. The largest absolute Gasteiger partial charge is 0.444 e. The van der Waals surface area contributed by atoms with E-state index in [0.29, 0.717) is 37.9 Å². The predicted octanol–water partition coefficient (Wildman–Crippen LogP) is 8.41. The summed E-state index contributed by atoms with van der Waals surface area (Å²) in [6, 6.07) is 9.05. The van der Waals surface area contributed by atoms with Gasteiger partial charge in [0.2, 0.25) is 5.91 Å². The molecule has 0 aliphatic carbocycles. The summed E-state index contributed by atoms with van der Waals surface area (Å²) in [7, 11) is 0. The van der Waals surface area contributed by atoms with Crippen molar-refractivity contribution in [3.8, 4) is 0 Å². The molecule has 12 heteroatoms. The van der Waals surface area contributed by atoms with Crippen LogP contribution in [0.15, 0.2) is 48.5 Å². The number of benzene rings is 2. The summed E-state index contributed by atoms with van der Waals surface area (Å²) in [4.78, 5) is 31.7. The fourth-order valence-corrected chi connectivity index (χ4v) is 6.47. The molecule has 2 fully saturated rings. The Labute approximate surface area is 273 Å². The third-order valence-electron chi connectivity index (χ3n) is 8.87. The number of amides is 2. The van der Waals surface area contributed by atoms with Crippen molar-refractivity contribution in [3.05, 3.63) is 70.8 Å². The normalized spacial score (nSPS) is 19.9. The number of piperazine rings is 1. The van der Waals surface area contributed by atoms with E-state index in [1.807, 2.05) is 51.3 Å². The molecule has 1 unspecified atom stereocenters. The number of alkyl halides is 6. The summed E-state index contributed by atoms with van der Waals surface area (Å²) in [6.07, 6.45) is -8.73. The van der Waals surface area contributed by atoms with Crippen LogP contribution in [0, 0.1) is 11.3 Å². The number of carbonyl (C=O) groups excluding carboxylic acids is 2. The van der Waals surface area contributed by atoms with E-state index >= 15 is 0 Å². The SMILES string of the molecule is CC(C)(C)OC(=O)N1CCC(CC(=O)N2CCN(C(c3ccccc3)c3cc(C(F)(F)F)cc(C(F)(F)F)c3)C[C@@H]2C(C)(C)C)CC1. The molecule has 2 aromatic carbocycles. The van der Waals surface area contributed by atoms with Crippen LogP contribution in [-0.4, -0.2) is 71.1 Å². The van der Waals surface area contributed by atoms with Gasteiger partial charge in [0.15, 0.2) is 0 Å². The molecule has 0 aromatic heterocycles. The van der Waals surface area contributed by atoms with E-state index < -0.39 is 40.5 Å². The summed E-state index contributed by atoms with van der Waals surface area (Å²) in [5.41, 5.74) is -3.31. The minimum absolute atomic E-state index is 0.0463. The monoisotopic (exact) mass is 669 g/mol. The van der Waals surface area contributed by atoms with Crippen LogP contribution >= 0.6 is 0 Å². The van der Waals surface area contributed by atoms with Crippen LogP contribution in [0.25, 0.3) is 0 Å². The Hall–Kier alpha value is -3.28. The highest BCUT2D eigenvalue weighted by molar-refractivity contribution is 5.77. The lowest BCUT2D eigenvalue weighted by molar-refractivity contribution is -0.144. The van der Waals surface area contributed by atoms with Crippen molar-refractivity contribution in [1.82, 2.24) is 14.7 Å². The van der Waals surface area contributed by atoms with Crippen molar-refractivity contribution in [1.29, 1.82) is 0 Å². The van der Waals surface area contributed by atoms with Crippen LogP contribution in [-0.2, 0) is 21.9 Å². The summed E-state index contributed by atoms with van der Waals surface area (Å²) in [5.74, 6) is 0.0257. The van der Waals surface area contributed by atoms with Crippen LogP contribution in [0.3, 0.4) is 0 Å². The molecular formula is C35H45F6N3O3. The molecule has 2 heterocycles. The zero-order chi connectivity index (χ0) is 34.9. The van der Waals surface area contributed by atoms with Crippen molar-refractivity contribution < 1.29 is 40.7 Å². The first-order chi connectivity index (χ1) is 21.6. The molecular weight excluding hydrogens is 624 g/mol. The van der Waals surface area contributed by atoms with Crippen LogP contribution in [0.4, 0.5) is 31.1 Å². The van der Waals surface area contributed by atoms with Gasteiger partial charge in [-0.25, -0.2) is 4.79 Å². The Morgan fingerprint density at radius 1 is 0.787 bits per heavy atom. The van der Waals surface area contributed by atoms with Gasteiger partial charge in [0.05, 0.1) is 17.2 Å². The number of rotatable bonds is 5. The first-order valence-electron chi connectivity index (χ1n) is 16.0. The summed E-state index contributed by atoms with van der Waals surface area (Å²) in [6.45, 7) is 13.1. The number of nitrogens with zero attached hydrogens (tertiary/aromatic N) is 3. The van der Waals surface area contributed by atoms with Crippen molar-refractivity contribution >= 4 is 12.0 Å². The fourth-order valence-electron chi connectivity index (χ4n) is 6.47. The van der Waals surface area contributed by atoms with Crippen molar-refractivity contribution in [2.45, 2.75) is 90.8 Å². The van der Waals surface area contributed by atoms with Gasteiger partial charge in [-0.3, -0.25) is 9.69 Å². The van der Waals surface area contributed by atoms with Gasteiger partial charge >= 0.3 is 18.4 Å². The van der Waals surface area contributed by atoms with Gasteiger partial charge in [0.25, 0.3) is 0 Å². The maximum atomic E-state index is 13.9. The van der Waals surface area contributed by atoms with Crippen LogP contribution < -0.4 is 0 Å². The molecule has 260 valence electrons. The fraction of sp³-hybridized carbons (Fsp3) is 0.600.